The molecule has 0 radical (unpaired) electrons. The maximum atomic E-state index is 11.7. The molecule has 2 aliphatic heterocycles. The summed E-state index contributed by atoms with van der Waals surface area (Å²) in [6, 6.07) is 51.6. The molecule has 2 aliphatic rings. The Morgan fingerprint density at radius 2 is 1.06 bits per heavy atom. The Hall–Kier alpha value is -5.87. The molecule has 1 unspecified atom stereocenters. The molecule has 0 aliphatic carbocycles. The summed E-state index contributed by atoms with van der Waals surface area (Å²) in [5.41, 5.74) is 6.09. The smallest absolute Gasteiger partial charge is 0.187 e. The van der Waals surface area contributed by atoms with Gasteiger partial charge in [-0.15, -0.1) is 11.8 Å². The Morgan fingerprint density at radius 3 is 1.56 bits per heavy atom. The topological polar surface area (TPSA) is 107 Å². The first-order valence-electron chi connectivity index (χ1n) is 28.1. The number of hydrogen-bond acceptors (Lipinski definition) is 8. The highest BCUT2D eigenvalue weighted by molar-refractivity contribution is 7.99. The van der Waals surface area contributed by atoms with Crippen LogP contribution in [0.25, 0.3) is 0 Å². The second-order valence-electron chi connectivity index (χ2n) is 20.9. The van der Waals surface area contributed by atoms with Crippen LogP contribution < -0.4 is 0 Å². The van der Waals surface area contributed by atoms with Crippen LogP contribution in [0.2, 0.25) is 20.1 Å². The van der Waals surface area contributed by atoms with Gasteiger partial charge in [0.05, 0.1) is 51.4 Å². The van der Waals surface area contributed by atoms with Crippen molar-refractivity contribution in [3.63, 3.8) is 0 Å². The lowest BCUT2D eigenvalue weighted by atomic mass is 10.0. The molecule has 0 bridgehead atoms. The highest BCUT2D eigenvalue weighted by atomic mass is 35.5. The fourth-order valence-corrected chi connectivity index (χ4v) is 10.9. The molecule has 9 aromatic rings. The van der Waals surface area contributed by atoms with E-state index in [1.165, 1.54) is 27.1 Å². The quantitative estimate of drug-likeness (QED) is 0.0669. The van der Waals surface area contributed by atoms with Crippen LogP contribution in [0.1, 0.15) is 74.1 Å². The number of nitrogens with zero attached hydrogens (tertiary/aromatic N) is 5. The molecule has 0 spiro atoms. The summed E-state index contributed by atoms with van der Waals surface area (Å²) in [5, 5.41) is 12.9. The molecule has 5 aromatic carbocycles. The first-order valence-corrected chi connectivity index (χ1v) is 30.5. The number of Topliss-reactive ketones (excluding diaryl/α,β-unsaturated/α-hetero) is 1. The van der Waals surface area contributed by atoms with E-state index < -0.39 is 17.8 Å². The zero-order valence-corrected chi connectivity index (χ0v) is 50.8. The van der Waals surface area contributed by atoms with Crippen LogP contribution in [0.4, 0.5) is 0 Å². The lowest BCUT2D eigenvalue weighted by Gasteiger charge is -2.28. The first kappa shape index (κ1) is 65.7. The van der Waals surface area contributed by atoms with Crippen molar-refractivity contribution in [1.29, 1.82) is 0 Å². The average molecular weight is 1230 g/mol. The number of aromatic nitrogens is 5. The van der Waals surface area contributed by atoms with Gasteiger partial charge < -0.3 is 42.3 Å². The Balaban J connectivity index is 0.000000165. The van der Waals surface area contributed by atoms with Crippen molar-refractivity contribution in [3.8, 4) is 0 Å². The number of aryl methyl sites for hydroxylation is 5. The molecule has 1 N–H and O–H groups in total. The summed E-state index contributed by atoms with van der Waals surface area (Å²) in [6.07, 6.45) is 23.2. The van der Waals surface area contributed by atoms with Crippen molar-refractivity contribution in [3.05, 3.63) is 262 Å². The SMILES string of the molecule is C.C[C@@H]1CO[C@](CCc2ccc(Cl)cc2)(Cn2cccc2)O1.Cc1ccc(SC[C@@H]2CO[C@](CCc3ccc(Cl)cc3)(Cn3ccnc3)O2)cc1.O=C(CCc1ccc(Cl)cc1)Cn1cccc1.OC(CCc1ccc(Cl)cc1)n1cccc1. The molecule has 444 valence electrons. The van der Waals surface area contributed by atoms with Crippen LogP contribution in [0.5, 0.6) is 0 Å². The Labute approximate surface area is 520 Å². The van der Waals surface area contributed by atoms with Gasteiger partial charge >= 0.3 is 0 Å². The van der Waals surface area contributed by atoms with Gasteiger partial charge in [0.25, 0.3) is 0 Å². The first-order chi connectivity index (χ1) is 40.2. The molecule has 2 saturated heterocycles. The fraction of sp³-hybridized carbons (Fsp3) is 0.324. The zero-order valence-electron chi connectivity index (χ0n) is 47.0. The average Bonchev–Trinajstić information content (AvgIpc) is 4.47. The number of carbonyl (C=O) groups is 1. The van der Waals surface area contributed by atoms with Gasteiger partial charge in [-0.1, -0.05) is 120 Å². The molecule has 11 nitrogen and oxygen atoms in total. The van der Waals surface area contributed by atoms with E-state index in [1.54, 1.807) is 10.8 Å². The van der Waals surface area contributed by atoms with Gasteiger partial charge in [0.1, 0.15) is 6.23 Å². The van der Waals surface area contributed by atoms with Crippen LogP contribution in [0, 0.1) is 6.92 Å². The maximum absolute atomic E-state index is 11.7. The number of aliphatic hydroxyl groups excluding tert-OH is 1. The molecular weight excluding hydrogens is 1160 g/mol. The van der Waals surface area contributed by atoms with Crippen LogP contribution in [0.3, 0.4) is 0 Å². The van der Waals surface area contributed by atoms with E-state index in [4.69, 9.17) is 65.4 Å². The second kappa shape index (κ2) is 33.7. The third-order valence-corrected chi connectivity index (χ3v) is 16.2. The van der Waals surface area contributed by atoms with Gasteiger partial charge in [-0.3, -0.25) is 4.79 Å². The lowest BCUT2D eigenvalue weighted by molar-refractivity contribution is -0.180. The van der Waals surface area contributed by atoms with Crippen molar-refractivity contribution in [1.82, 2.24) is 23.3 Å². The number of hydrogen-bond donors (Lipinski definition) is 1. The van der Waals surface area contributed by atoms with Gasteiger partial charge in [0.2, 0.25) is 0 Å². The van der Waals surface area contributed by atoms with Crippen LogP contribution in [-0.2, 0) is 69.1 Å². The number of rotatable bonds is 22. The van der Waals surface area contributed by atoms with E-state index in [0.29, 0.717) is 39.1 Å². The molecule has 84 heavy (non-hydrogen) atoms. The summed E-state index contributed by atoms with van der Waals surface area (Å²) in [6.45, 7) is 7.23. The van der Waals surface area contributed by atoms with E-state index in [2.05, 4.69) is 71.9 Å². The minimum atomic E-state index is -0.640. The predicted octanol–water partition coefficient (Wildman–Crippen LogP) is 16.5. The molecule has 5 atom stereocenters. The molecule has 6 heterocycles. The van der Waals surface area contributed by atoms with E-state index in [0.717, 1.165) is 76.5 Å². The maximum Gasteiger partial charge on any atom is 0.187 e. The molecule has 0 amide bonds. The second-order valence-corrected chi connectivity index (χ2v) is 23.7. The van der Waals surface area contributed by atoms with Crippen molar-refractivity contribution < 1.29 is 28.8 Å². The standard InChI is InChI=1S/C23H25ClN2O2S.C17H20ClNO2.C14H14ClNO.C13H14ClNO.CH4/c1-18-2-8-22(9-3-18)29-15-21-14-27-23(28-21,16-26-13-12-25-17-26)11-10-19-4-6-20(24)7-5-19;1-14-12-20-17(21-14,13-19-10-2-3-11-19)9-8-15-4-6-16(18)7-5-15;15-13-6-3-12(4-7-13)5-8-14(17)11-16-9-1-2-10-16;14-12-6-3-11(4-7-12)5-8-13(16)15-9-1-2-10-15;/h2-9,12-13,17,21H,10-11,14-16H2,1H3;2-7,10-11,14H,8-9,12-13H2,1H3;1-4,6-7,9-10H,5,8,11H2;1-4,6-7,9-10,13,16H,5,8H2;1H4/t21-,23-;14-,17+;;;/m01.../s1. The van der Waals surface area contributed by atoms with E-state index in [-0.39, 0.29) is 25.4 Å². The molecule has 4 aromatic heterocycles. The van der Waals surface area contributed by atoms with Crippen molar-refractivity contribution in [2.24, 2.45) is 0 Å². The van der Waals surface area contributed by atoms with Gasteiger partial charge in [-0.25, -0.2) is 4.98 Å². The number of aliphatic hydroxyl groups is 1. The molecule has 16 heteroatoms. The summed E-state index contributed by atoms with van der Waals surface area (Å²) in [5.74, 6) is -0.0526. The third kappa shape index (κ3) is 22.2. The van der Waals surface area contributed by atoms with Crippen LogP contribution in [-0.4, -0.2) is 76.9 Å². The Bertz CT molecular complexity index is 3220. The van der Waals surface area contributed by atoms with Gasteiger partial charge in [-0.05, 0) is 165 Å². The molecule has 2 fully saturated rings. The van der Waals surface area contributed by atoms with E-state index in [1.807, 2.05) is 180 Å². The van der Waals surface area contributed by atoms with Gasteiger partial charge in [0, 0.05) is 99.6 Å². The van der Waals surface area contributed by atoms with Crippen LogP contribution in [0.15, 0.2) is 219 Å². The molecule has 0 saturated carbocycles. The number of ketones is 1. The largest absolute Gasteiger partial charge is 0.373 e. The predicted molar refractivity (Wildman–Crippen MR) is 342 cm³/mol. The minimum absolute atomic E-state index is 0. The number of thioether (sulfide) groups is 1. The number of ether oxygens (including phenoxy) is 4. The van der Waals surface area contributed by atoms with Crippen molar-refractivity contribution in [2.45, 2.75) is 127 Å². The Morgan fingerprint density at radius 1 is 0.595 bits per heavy atom. The van der Waals surface area contributed by atoms with Crippen molar-refractivity contribution >= 4 is 63.9 Å². The van der Waals surface area contributed by atoms with E-state index >= 15 is 0 Å². The Kier molecular flexibility index (Phi) is 26.4. The number of imidazole rings is 1. The van der Waals surface area contributed by atoms with E-state index in [9.17, 15) is 9.90 Å². The van der Waals surface area contributed by atoms with Gasteiger partial charge in [0.15, 0.2) is 17.4 Å². The van der Waals surface area contributed by atoms with Crippen molar-refractivity contribution in [2.75, 3.05) is 19.0 Å². The summed E-state index contributed by atoms with van der Waals surface area (Å²) in [7, 11) is 0. The molecule has 11 rings (SSSR count). The summed E-state index contributed by atoms with van der Waals surface area (Å²) >= 11 is 25.4. The highest BCUT2D eigenvalue weighted by Gasteiger charge is 2.42. The monoisotopic (exact) mass is 1230 g/mol. The molecular formula is C68H77Cl4N5O6S. The number of benzene rings is 5. The summed E-state index contributed by atoms with van der Waals surface area (Å²) in [4.78, 5) is 17.1. The number of carbonyl (C=O) groups excluding carboxylic acids is 1. The lowest BCUT2D eigenvalue weighted by Crippen LogP contribution is -2.37. The fourth-order valence-electron chi connectivity index (χ4n) is 9.53. The van der Waals surface area contributed by atoms with Gasteiger partial charge in [-0.2, -0.15) is 0 Å². The summed E-state index contributed by atoms with van der Waals surface area (Å²) < 4.78 is 32.7. The third-order valence-electron chi connectivity index (χ3n) is 14.1. The van der Waals surface area contributed by atoms with Crippen LogP contribution >= 0.6 is 58.2 Å². The zero-order chi connectivity index (χ0) is 58.3. The normalized spacial score (nSPS) is 18.3. The highest BCUT2D eigenvalue weighted by Crippen LogP contribution is 2.34. The minimum Gasteiger partial charge on any atom is -0.373 e. The number of halogens is 4.